The monoisotopic (exact) mass is 122 g/mol. The van der Waals surface area contributed by atoms with Gasteiger partial charge in [0.25, 0.3) is 0 Å². The maximum Gasteiger partial charge on any atom is 0.0789 e. The first-order valence-electron chi connectivity index (χ1n) is 3.41. The summed E-state index contributed by atoms with van der Waals surface area (Å²) in [6.45, 7) is 0. The Hall–Kier alpha value is -0.720. The van der Waals surface area contributed by atoms with Crippen LogP contribution in [0.25, 0.3) is 0 Å². The third-order valence-electron chi connectivity index (χ3n) is 2.31. The van der Waals surface area contributed by atoms with E-state index in [0.29, 0.717) is 5.92 Å². The second-order valence-electron chi connectivity index (χ2n) is 2.90. The van der Waals surface area contributed by atoms with Crippen LogP contribution in [0.1, 0.15) is 12.8 Å². The zero-order valence-electron chi connectivity index (χ0n) is 5.25. The fourth-order valence-corrected chi connectivity index (χ4v) is 1.80. The molecule has 2 bridgehead atoms. The van der Waals surface area contributed by atoms with E-state index >= 15 is 0 Å². The molecular formula is C8H10O. The summed E-state index contributed by atoms with van der Waals surface area (Å²) in [7, 11) is 0. The van der Waals surface area contributed by atoms with Crippen LogP contribution in [-0.2, 0) is 0 Å². The molecule has 1 fully saturated rings. The predicted molar refractivity (Wildman–Crippen MR) is 36.1 cm³/mol. The lowest BCUT2D eigenvalue weighted by atomic mass is 10.0. The van der Waals surface area contributed by atoms with Crippen molar-refractivity contribution in [3.63, 3.8) is 0 Å². The molecule has 2 unspecified atom stereocenters. The second kappa shape index (κ2) is 1.63. The van der Waals surface area contributed by atoms with Gasteiger partial charge in [-0.15, -0.1) is 0 Å². The van der Waals surface area contributed by atoms with Gasteiger partial charge in [0.05, 0.1) is 6.26 Å². The molecule has 0 spiro atoms. The minimum absolute atomic E-state index is 0.583. The van der Waals surface area contributed by atoms with E-state index in [0.717, 1.165) is 12.3 Å². The van der Waals surface area contributed by atoms with Crippen molar-refractivity contribution in [3.05, 3.63) is 24.0 Å². The maximum absolute atomic E-state index is 8.69. The molecule has 0 aromatic rings. The quantitative estimate of drug-likeness (QED) is 0.385. The molecule has 1 nitrogen and oxygen atoms in total. The van der Waals surface area contributed by atoms with Crippen LogP contribution in [0, 0.1) is 11.8 Å². The number of aliphatic hydroxyl groups is 1. The topological polar surface area (TPSA) is 20.2 Å². The van der Waals surface area contributed by atoms with Crippen molar-refractivity contribution in [2.24, 2.45) is 11.8 Å². The molecule has 48 valence electrons. The molecular weight excluding hydrogens is 112 g/mol. The molecule has 2 aliphatic rings. The minimum Gasteiger partial charge on any atom is -0.516 e. The fraction of sp³-hybridized carbons (Fsp3) is 0.500. The number of fused-ring (bicyclic) bond motifs is 2. The van der Waals surface area contributed by atoms with E-state index in [1.807, 2.05) is 0 Å². The molecule has 0 saturated heterocycles. The van der Waals surface area contributed by atoms with E-state index in [-0.39, 0.29) is 0 Å². The Morgan fingerprint density at radius 2 is 2.44 bits per heavy atom. The highest BCUT2D eigenvalue weighted by Gasteiger charge is 2.30. The molecule has 9 heavy (non-hydrogen) atoms. The third kappa shape index (κ3) is 0.607. The lowest BCUT2D eigenvalue weighted by Gasteiger charge is -2.03. The van der Waals surface area contributed by atoms with Gasteiger partial charge in [-0.25, -0.2) is 0 Å². The molecule has 0 aromatic carbocycles. The van der Waals surface area contributed by atoms with Crippen molar-refractivity contribution in [2.75, 3.05) is 0 Å². The van der Waals surface area contributed by atoms with Crippen LogP contribution in [0.15, 0.2) is 24.0 Å². The summed E-state index contributed by atoms with van der Waals surface area (Å²) in [6.07, 6.45) is 8.09. The van der Waals surface area contributed by atoms with E-state index < -0.39 is 0 Å². The van der Waals surface area contributed by atoms with Crippen LogP contribution >= 0.6 is 0 Å². The first-order chi connectivity index (χ1) is 4.40. The largest absolute Gasteiger partial charge is 0.516 e. The summed E-state index contributed by atoms with van der Waals surface area (Å²) in [6, 6.07) is 0. The van der Waals surface area contributed by atoms with Gasteiger partial charge in [-0.3, -0.25) is 0 Å². The zero-order valence-corrected chi connectivity index (χ0v) is 5.25. The van der Waals surface area contributed by atoms with Crippen molar-refractivity contribution in [1.29, 1.82) is 0 Å². The Labute approximate surface area is 54.7 Å². The van der Waals surface area contributed by atoms with Gasteiger partial charge < -0.3 is 5.11 Å². The van der Waals surface area contributed by atoms with Crippen molar-refractivity contribution in [1.82, 2.24) is 0 Å². The second-order valence-corrected chi connectivity index (χ2v) is 2.90. The molecule has 2 atom stereocenters. The van der Waals surface area contributed by atoms with Crippen LogP contribution in [0.3, 0.4) is 0 Å². The molecule has 2 rings (SSSR count). The Morgan fingerprint density at radius 3 is 2.78 bits per heavy atom. The smallest absolute Gasteiger partial charge is 0.0789 e. The highest BCUT2D eigenvalue weighted by molar-refractivity contribution is 5.25. The van der Waals surface area contributed by atoms with Gasteiger partial charge in [-0.2, -0.15) is 0 Å². The van der Waals surface area contributed by atoms with Gasteiger partial charge in [0.1, 0.15) is 0 Å². The average Bonchev–Trinajstić information content (AvgIpc) is 2.45. The van der Waals surface area contributed by atoms with Crippen LogP contribution in [0.4, 0.5) is 0 Å². The highest BCUT2D eigenvalue weighted by atomic mass is 16.2. The van der Waals surface area contributed by atoms with Gasteiger partial charge in [-0.05, 0) is 24.3 Å². The third-order valence-corrected chi connectivity index (χ3v) is 2.31. The van der Waals surface area contributed by atoms with Crippen LogP contribution < -0.4 is 0 Å². The Balaban J connectivity index is 2.29. The molecule has 0 aliphatic heterocycles. The minimum atomic E-state index is 0.583. The molecule has 1 saturated carbocycles. The van der Waals surface area contributed by atoms with Crippen LogP contribution in [-0.4, -0.2) is 5.11 Å². The van der Waals surface area contributed by atoms with Crippen molar-refractivity contribution in [2.45, 2.75) is 12.8 Å². The van der Waals surface area contributed by atoms with Crippen LogP contribution in [0.2, 0.25) is 0 Å². The van der Waals surface area contributed by atoms with Crippen molar-refractivity contribution < 1.29 is 5.11 Å². The Kier molecular flexibility index (Phi) is 0.922. The number of hydrogen-bond donors (Lipinski definition) is 1. The summed E-state index contributed by atoms with van der Waals surface area (Å²) < 4.78 is 0. The molecule has 1 N–H and O–H groups in total. The summed E-state index contributed by atoms with van der Waals surface area (Å²) in [5.41, 5.74) is 1.22. The van der Waals surface area contributed by atoms with Gasteiger partial charge in [0, 0.05) is 5.92 Å². The normalized spacial score (nSPS) is 42.9. The molecule has 2 aliphatic carbocycles. The number of hydrogen-bond acceptors (Lipinski definition) is 1. The highest BCUT2D eigenvalue weighted by Crippen LogP contribution is 2.42. The molecule has 0 heterocycles. The first kappa shape index (κ1) is 5.10. The maximum atomic E-state index is 8.69. The molecule has 0 radical (unpaired) electrons. The van der Waals surface area contributed by atoms with E-state index in [9.17, 15) is 0 Å². The van der Waals surface area contributed by atoms with Crippen molar-refractivity contribution in [3.8, 4) is 0 Å². The Morgan fingerprint density at radius 1 is 1.56 bits per heavy atom. The van der Waals surface area contributed by atoms with Gasteiger partial charge in [-0.1, -0.05) is 12.2 Å². The zero-order chi connectivity index (χ0) is 6.27. The predicted octanol–water partition coefficient (Wildman–Crippen LogP) is 2.02. The van der Waals surface area contributed by atoms with E-state index in [2.05, 4.69) is 12.2 Å². The summed E-state index contributed by atoms with van der Waals surface area (Å²) in [5.74, 6) is 1.33. The summed E-state index contributed by atoms with van der Waals surface area (Å²) >= 11 is 0. The van der Waals surface area contributed by atoms with E-state index in [1.165, 1.54) is 18.3 Å². The van der Waals surface area contributed by atoms with Gasteiger partial charge in [0.15, 0.2) is 0 Å². The number of allylic oxidation sites excluding steroid dienone is 3. The number of rotatable bonds is 0. The fourth-order valence-electron chi connectivity index (χ4n) is 1.80. The van der Waals surface area contributed by atoms with Crippen molar-refractivity contribution >= 4 is 0 Å². The van der Waals surface area contributed by atoms with Gasteiger partial charge >= 0.3 is 0 Å². The molecule has 0 amide bonds. The lowest BCUT2D eigenvalue weighted by molar-refractivity contribution is 0.460. The van der Waals surface area contributed by atoms with Gasteiger partial charge in [0.2, 0.25) is 0 Å². The summed E-state index contributed by atoms with van der Waals surface area (Å²) in [4.78, 5) is 0. The summed E-state index contributed by atoms with van der Waals surface area (Å²) in [5, 5.41) is 8.69. The Bertz CT molecular complexity index is 179. The standard InChI is InChI=1S/C8H10O/c9-5-8-4-6-1-2-7(8)3-6/h1-2,5-7,9H,3-4H2/b8-5+. The molecule has 1 heteroatoms. The van der Waals surface area contributed by atoms with Crippen LogP contribution in [0.5, 0.6) is 0 Å². The SMILES string of the molecule is O/C=C1\CC2C=CC1C2. The van der Waals surface area contributed by atoms with E-state index in [1.54, 1.807) is 0 Å². The number of aliphatic hydroxyl groups excluding tert-OH is 1. The van der Waals surface area contributed by atoms with E-state index in [4.69, 9.17) is 5.11 Å². The molecule has 0 aromatic heterocycles. The first-order valence-corrected chi connectivity index (χ1v) is 3.41. The lowest BCUT2D eigenvalue weighted by Crippen LogP contribution is -1.90. The average molecular weight is 122 g/mol.